The van der Waals surface area contributed by atoms with Gasteiger partial charge in [0.1, 0.15) is 55.4 Å². The van der Waals surface area contributed by atoms with Crippen molar-refractivity contribution < 1.29 is 73.8 Å². The Morgan fingerprint density at radius 1 is 0.459 bits per heavy atom. The molecule has 0 amide bonds. The lowest BCUT2D eigenvalue weighted by molar-refractivity contribution is -0.332. The number of rotatable bonds is 48. The van der Waals surface area contributed by atoms with E-state index in [1.54, 1.807) is 0 Å². The summed E-state index contributed by atoms with van der Waals surface area (Å²) in [5, 5.41) is 72.3. The van der Waals surface area contributed by atoms with Crippen molar-refractivity contribution in [3.05, 3.63) is 37.0 Å². The van der Waals surface area contributed by atoms with Gasteiger partial charge in [-0.25, -0.2) is 0 Å². The van der Waals surface area contributed by atoms with E-state index >= 15 is 0 Å². The standard InChI is InChI=1S/C59H106O15/c1-3-5-7-9-11-13-15-17-19-20-21-22-23-24-25-26-28-30-32-34-36-38-40-42-51(62)72-47(44-69-50(61)41-39-37-35-33-31-29-27-18-16-14-12-10-8-6-4-2)45-70-58-57(68)55(66)53(64)49(74-58)46-71-59-56(67)54(65)52(63)48(43-60)73-59/h4,26,28,34,36,47-49,52-60,63-68H,2-3,5-25,27,29-33,35,37-46H2,1H3/b28-26+,36-34+/t47-,48+,49+,52-,53-,54?,55?,56?,57?,58+,59+/m1/s1. The molecule has 0 spiro atoms. The van der Waals surface area contributed by atoms with Crippen LogP contribution in [0.15, 0.2) is 37.0 Å². The van der Waals surface area contributed by atoms with Crippen molar-refractivity contribution in [3.63, 3.8) is 0 Å². The highest BCUT2D eigenvalue weighted by atomic mass is 16.7. The molecule has 2 aliphatic rings. The molecular formula is C59H106O15. The summed E-state index contributed by atoms with van der Waals surface area (Å²) >= 11 is 0. The number of aliphatic hydroxyl groups is 7. The van der Waals surface area contributed by atoms with Crippen LogP contribution in [-0.4, -0.2) is 142 Å². The molecule has 0 bridgehead atoms. The summed E-state index contributed by atoms with van der Waals surface area (Å²) in [7, 11) is 0. The maximum atomic E-state index is 13.1. The average molecular weight is 1060 g/mol. The minimum Gasteiger partial charge on any atom is -0.462 e. The normalized spacial score (nSPS) is 24.7. The van der Waals surface area contributed by atoms with Gasteiger partial charge in [-0.1, -0.05) is 191 Å². The Bertz CT molecular complexity index is 1410. The lowest BCUT2D eigenvalue weighted by atomic mass is 9.98. The first-order valence-electron chi connectivity index (χ1n) is 29.5. The summed E-state index contributed by atoms with van der Waals surface area (Å²) in [6.45, 7) is 4.12. The van der Waals surface area contributed by atoms with Gasteiger partial charge < -0.3 is 64.2 Å². The lowest BCUT2D eigenvalue weighted by Crippen LogP contribution is -2.61. The molecule has 2 saturated heterocycles. The Hall–Kier alpha value is -2.28. The van der Waals surface area contributed by atoms with Crippen LogP contribution in [0.3, 0.4) is 0 Å². The van der Waals surface area contributed by atoms with E-state index in [0.717, 1.165) is 44.9 Å². The fourth-order valence-electron chi connectivity index (χ4n) is 9.40. The second-order valence-corrected chi connectivity index (χ2v) is 20.9. The van der Waals surface area contributed by atoms with Gasteiger partial charge in [-0.05, 0) is 57.8 Å². The van der Waals surface area contributed by atoms with Crippen molar-refractivity contribution in [1.29, 1.82) is 0 Å². The van der Waals surface area contributed by atoms with Gasteiger partial charge in [-0.3, -0.25) is 9.59 Å². The summed E-state index contributed by atoms with van der Waals surface area (Å²) in [6, 6.07) is 0. The summed E-state index contributed by atoms with van der Waals surface area (Å²) < 4.78 is 33.6. The van der Waals surface area contributed by atoms with Crippen molar-refractivity contribution in [1.82, 2.24) is 0 Å². The minimum absolute atomic E-state index is 0.106. The maximum absolute atomic E-state index is 13.1. The van der Waals surface area contributed by atoms with Crippen LogP contribution in [0.25, 0.3) is 0 Å². The molecule has 15 heteroatoms. The number of ether oxygens (including phenoxy) is 6. The second-order valence-electron chi connectivity index (χ2n) is 20.9. The quantitative estimate of drug-likeness (QED) is 0.0171. The van der Waals surface area contributed by atoms with Crippen molar-refractivity contribution in [2.75, 3.05) is 26.4 Å². The number of carbonyl (C=O) groups is 2. The molecule has 2 fully saturated rings. The minimum atomic E-state index is -1.77. The molecule has 0 saturated carbocycles. The van der Waals surface area contributed by atoms with Gasteiger partial charge in [0.2, 0.25) is 0 Å². The van der Waals surface area contributed by atoms with Crippen molar-refractivity contribution in [3.8, 4) is 0 Å². The largest absolute Gasteiger partial charge is 0.462 e. The highest BCUT2D eigenvalue weighted by Crippen LogP contribution is 2.27. The highest BCUT2D eigenvalue weighted by molar-refractivity contribution is 5.70. The molecule has 432 valence electrons. The van der Waals surface area contributed by atoms with Gasteiger partial charge >= 0.3 is 11.9 Å². The number of hydrogen-bond donors (Lipinski definition) is 7. The van der Waals surface area contributed by atoms with Gasteiger partial charge in [0, 0.05) is 12.8 Å². The zero-order valence-corrected chi connectivity index (χ0v) is 45.9. The SMILES string of the molecule is C=CCCCCCCCCCCCCCCCC(=O)OC[C@H](CO[C@H]1O[C@@H](CO[C@H]2O[C@@H](CO)[C@@H](O)C(O)C2O)[C@@H](O)C(O)C1O)OC(=O)CCC/C=C/CC/C=C/CCCCCCCCCCCCCCCC. The molecule has 7 N–H and O–H groups in total. The van der Waals surface area contributed by atoms with E-state index in [-0.39, 0.29) is 19.4 Å². The molecule has 15 nitrogen and oxygen atoms in total. The van der Waals surface area contributed by atoms with Crippen LogP contribution in [0.4, 0.5) is 0 Å². The van der Waals surface area contributed by atoms with Crippen molar-refractivity contribution in [2.24, 2.45) is 0 Å². The molecule has 0 aromatic carbocycles. The second kappa shape index (κ2) is 45.7. The summed E-state index contributed by atoms with van der Waals surface area (Å²) in [4.78, 5) is 25.9. The number of unbranched alkanes of at least 4 members (excludes halogenated alkanes) is 29. The molecule has 0 radical (unpaired) electrons. The Balaban J connectivity index is 1.75. The van der Waals surface area contributed by atoms with Gasteiger partial charge in [0.05, 0.1) is 19.8 Å². The first-order valence-corrected chi connectivity index (χ1v) is 29.5. The van der Waals surface area contributed by atoms with Crippen LogP contribution in [0.1, 0.15) is 232 Å². The third kappa shape index (κ3) is 32.5. The predicted molar refractivity (Wildman–Crippen MR) is 289 cm³/mol. The van der Waals surface area contributed by atoms with E-state index in [1.807, 2.05) is 6.08 Å². The lowest BCUT2D eigenvalue weighted by Gasteiger charge is -2.42. The van der Waals surface area contributed by atoms with Crippen molar-refractivity contribution >= 4 is 11.9 Å². The van der Waals surface area contributed by atoms with E-state index in [1.165, 1.54) is 148 Å². The van der Waals surface area contributed by atoms with E-state index in [9.17, 15) is 45.3 Å². The third-order valence-electron chi connectivity index (χ3n) is 14.2. The van der Waals surface area contributed by atoms with Crippen LogP contribution in [0.5, 0.6) is 0 Å². The summed E-state index contributed by atoms with van der Waals surface area (Å²) in [5.41, 5.74) is 0. The molecule has 4 unspecified atom stereocenters. The molecule has 11 atom stereocenters. The molecule has 2 heterocycles. The van der Waals surface area contributed by atoms with Crippen LogP contribution in [0, 0.1) is 0 Å². The zero-order chi connectivity index (χ0) is 53.9. The Morgan fingerprint density at radius 3 is 1.36 bits per heavy atom. The third-order valence-corrected chi connectivity index (χ3v) is 14.2. The molecule has 74 heavy (non-hydrogen) atoms. The maximum Gasteiger partial charge on any atom is 0.306 e. The monoisotopic (exact) mass is 1050 g/mol. The van der Waals surface area contributed by atoms with Crippen LogP contribution in [0.2, 0.25) is 0 Å². The van der Waals surface area contributed by atoms with E-state index in [2.05, 4.69) is 37.8 Å². The Morgan fingerprint density at radius 2 is 0.865 bits per heavy atom. The van der Waals surface area contributed by atoms with Gasteiger partial charge in [-0.2, -0.15) is 0 Å². The van der Waals surface area contributed by atoms with Crippen LogP contribution < -0.4 is 0 Å². The molecule has 2 aliphatic heterocycles. The molecule has 0 aliphatic carbocycles. The predicted octanol–water partition coefficient (Wildman–Crippen LogP) is 10.1. The molecule has 0 aromatic rings. The number of hydrogen-bond acceptors (Lipinski definition) is 15. The van der Waals surface area contributed by atoms with E-state index in [0.29, 0.717) is 19.3 Å². The smallest absolute Gasteiger partial charge is 0.306 e. The Kier molecular flexibility index (Phi) is 41.9. The van der Waals surface area contributed by atoms with Gasteiger partial charge in [0.15, 0.2) is 18.7 Å². The van der Waals surface area contributed by atoms with Crippen LogP contribution >= 0.6 is 0 Å². The highest BCUT2D eigenvalue weighted by Gasteiger charge is 2.47. The number of esters is 2. The number of aliphatic hydroxyl groups excluding tert-OH is 7. The van der Waals surface area contributed by atoms with E-state index < -0.39 is 99.3 Å². The topological polar surface area (TPSA) is 231 Å². The first-order chi connectivity index (χ1) is 36.0. The Labute approximate surface area is 446 Å². The average Bonchev–Trinajstić information content (AvgIpc) is 3.39. The zero-order valence-electron chi connectivity index (χ0n) is 45.9. The number of allylic oxidation sites excluding steroid dienone is 5. The molecule has 0 aromatic heterocycles. The first kappa shape index (κ1) is 67.8. The van der Waals surface area contributed by atoms with Gasteiger partial charge in [-0.15, -0.1) is 6.58 Å². The van der Waals surface area contributed by atoms with Crippen LogP contribution in [-0.2, 0) is 38.0 Å². The van der Waals surface area contributed by atoms with Crippen molar-refractivity contribution in [2.45, 2.75) is 299 Å². The summed E-state index contributed by atoms with van der Waals surface area (Å²) in [5.74, 6) is -0.969. The summed E-state index contributed by atoms with van der Waals surface area (Å²) in [6.07, 6.45) is 33.6. The molecule has 2 rings (SSSR count). The van der Waals surface area contributed by atoms with Gasteiger partial charge in [0.25, 0.3) is 0 Å². The van der Waals surface area contributed by atoms with E-state index in [4.69, 9.17) is 28.4 Å². The molecular weight excluding hydrogens is 949 g/mol. The fraction of sp³-hybridized carbons (Fsp3) is 0.864. The number of carbonyl (C=O) groups excluding carboxylic acids is 2. The fourth-order valence-corrected chi connectivity index (χ4v) is 9.40.